The summed E-state index contributed by atoms with van der Waals surface area (Å²) in [4.78, 5) is 2.36. The van der Waals surface area contributed by atoms with Crippen LogP contribution in [0.25, 0.3) is 82.5 Å². The van der Waals surface area contributed by atoms with Gasteiger partial charge in [-0.3, -0.25) is 0 Å². The highest BCUT2D eigenvalue weighted by atomic mass is 16.3. The molecule has 3 heteroatoms. The van der Waals surface area contributed by atoms with Crippen molar-refractivity contribution < 1.29 is 4.42 Å². The Hall–Kier alpha value is -7.36. The summed E-state index contributed by atoms with van der Waals surface area (Å²) >= 11 is 0. The molecule has 0 saturated carbocycles. The van der Waals surface area contributed by atoms with Crippen LogP contribution in [0.4, 0.5) is 17.1 Å². The summed E-state index contributed by atoms with van der Waals surface area (Å²) in [6.45, 7) is 0. The van der Waals surface area contributed by atoms with E-state index in [1.165, 1.54) is 32.6 Å². The number of furan rings is 1. The number of benzene rings is 9. The van der Waals surface area contributed by atoms with Gasteiger partial charge in [0.25, 0.3) is 0 Å². The number of anilines is 3. The molecular weight excluding hydrogens is 669 g/mol. The van der Waals surface area contributed by atoms with Crippen molar-refractivity contribution in [1.29, 1.82) is 0 Å². The van der Waals surface area contributed by atoms with Crippen LogP contribution in [0.2, 0.25) is 0 Å². The van der Waals surface area contributed by atoms with Gasteiger partial charge in [-0.05, 0) is 94.2 Å². The maximum absolute atomic E-state index is 6.43. The number of fused-ring (bicyclic) bond motifs is 7. The minimum absolute atomic E-state index is 0.865. The highest BCUT2D eigenvalue weighted by Crippen LogP contribution is 2.44. The first kappa shape index (κ1) is 31.2. The largest absolute Gasteiger partial charge is 0.456 e. The van der Waals surface area contributed by atoms with Crippen molar-refractivity contribution in [2.45, 2.75) is 0 Å². The Balaban J connectivity index is 1.11. The number of hydrogen-bond donors (Lipinski definition) is 0. The third-order valence-electron chi connectivity index (χ3n) is 10.9. The van der Waals surface area contributed by atoms with Crippen molar-refractivity contribution in [3.63, 3.8) is 0 Å². The molecule has 55 heavy (non-hydrogen) atoms. The Kier molecular flexibility index (Phi) is 7.17. The Morgan fingerprint density at radius 3 is 1.87 bits per heavy atom. The molecule has 0 aliphatic rings. The summed E-state index contributed by atoms with van der Waals surface area (Å²) < 4.78 is 8.84. The van der Waals surface area contributed by atoms with Crippen molar-refractivity contribution in [3.05, 3.63) is 206 Å². The molecule has 9 aromatic carbocycles. The summed E-state index contributed by atoms with van der Waals surface area (Å²) in [6, 6.07) is 74.0. The van der Waals surface area contributed by atoms with E-state index in [-0.39, 0.29) is 0 Å². The Bertz CT molecular complexity index is 3210. The van der Waals surface area contributed by atoms with Gasteiger partial charge in [-0.2, -0.15) is 0 Å². The average molecular weight is 703 g/mol. The lowest BCUT2D eigenvalue weighted by Crippen LogP contribution is -2.11. The van der Waals surface area contributed by atoms with Gasteiger partial charge in [-0.15, -0.1) is 0 Å². The lowest BCUT2D eigenvalue weighted by atomic mass is 9.99. The highest BCUT2D eigenvalue weighted by molar-refractivity contribution is 6.14. The summed E-state index contributed by atoms with van der Waals surface area (Å²) in [6.07, 6.45) is 0. The number of hydrogen-bond acceptors (Lipinski definition) is 2. The minimum atomic E-state index is 0.865. The van der Waals surface area contributed by atoms with Crippen molar-refractivity contribution >= 4 is 71.6 Å². The third-order valence-corrected chi connectivity index (χ3v) is 10.9. The molecule has 0 bridgehead atoms. The van der Waals surface area contributed by atoms with Gasteiger partial charge in [0, 0.05) is 50.2 Å². The quantitative estimate of drug-likeness (QED) is 0.172. The van der Waals surface area contributed by atoms with E-state index in [4.69, 9.17) is 4.42 Å². The van der Waals surface area contributed by atoms with E-state index in [1.807, 2.05) is 12.1 Å². The molecule has 0 aliphatic heterocycles. The molecule has 0 atom stereocenters. The normalized spacial score (nSPS) is 11.6. The van der Waals surface area contributed by atoms with Gasteiger partial charge >= 0.3 is 0 Å². The van der Waals surface area contributed by atoms with Crippen LogP contribution in [0, 0.1) is 0 Å². The van der Waals surface area contributed by atoms with E-state index in [2.05, 4.69) is 204 Å². The van der Waals surface area contributed by atoms with Gasteiger partial charge in [0.05, 0.1) is 16.7 Å². The van der Waals surface area contributed by atoms with E-state index in [1.54, 1.807) is 0 Å². The number of para-hydroxylation sites is 3. The molecule has 0 aliphatic carbocycles. The Morgan fingerprint density at radius 1 is 0.364 bits per heavy atom. The molecule has 0 radical (unpaired) electrons. The van der Waals surface area contributed by atoms with E-state index < -0.39 is 0 Å². The van der Waals surface area contributed by atoms with Gasteiger partial charge in [-0.25, -0.2) is 0 Å². The van der Waals surface area contributed by atoms with Crippen LogP contribution in [-0.4, -0.2) is 4.57 Å². The van der Waals surface area contributed by atoms with E-state index >= 15 is 0 Å². The molecule has 2 heterocycles. The maximum Gasteiger partial charge on any atom is 0.137 e. The van der Waals surface area contributed by atoms with Crippen molar-refractivity contribution in [2.24, 2.45) is 0 Å². The molecule has 2 aromatic heterocycles. The first-order valence-corrected chi connectivity index (χ1v) is 18.8. The predicted octanol–water partition coefficient (Wildman–Crippen LogP) is 14.6. The number of nitrogens with zero attached hydrogens (tertiary/aromatic N) is 2. The molecule has 258 valence electrons. The second-order valence-electron chi connectivity index (χ2n) is 14.2. The molecule has 0 spiro atoms. The lowest BCUT2D eigenvalue weighted by molar-refractivity contribution is 0.669. The molecule has 0 saturated heterocycles. The second-order valence-corrected chi connectivity index (χ2v) is 14.2. The van der Waals surface area contributed by atoms with Crippen LogP contribution in [0.15, 0.2) is 211 Å². The van der Waals surface area contributed by atoms with Gasteiger partial charge in [0.15, 0.2) is 0 Å². The zero-order chi connectivity index (χ0) is 36.3. The van der Waals surface area contributed by atoms with Crippen LogP contribution < -0.4 is 4.90 Å². The van der Waals surface area contributed by atoms with Gasteiger partial charge < -0.3 is 13.9 Å². The van der Waals surface area contributed by atoms with Crippen molar-refractivity contribution in [3.8, 4) is 27.9 Å². The topological polar surface area (TPSA) is 21.3 Å². The first-order valence-electron chi connectivity index (χ1n) is 18.8. The fourth-order valence-corrected chi connectivity index (χ4v) is 8.37. The number of aromatic nitrogens is 1. The molecule has 0 amide bonds. The number of rotatable bonds is 6. The second kappa shape index (κ2) is 12.6. The van der Waals surface area contributed by atoms with Gasteiger partial charge in [0.1, 0.15) is 11.2 Å². The molecule has 0 N–H and O–H groups in total. The van der Waals surface area contributed by atoms with Crippen LogP contribution in [0.5, 0.6) is 0 Å². The summed E-state index contributed by atoms with van der Waals surface area (Å²) in [7, 11) is 0. The zero-order valence-corrected chi connectivity index (χ0v) is 29.9. The monoisotopic (exact) mass is 702 g/mol. The molecular formula is C52H34N2O. The average Bonchev–Trinajstić information content (AvgIpc) is 3.78. The molecule has 11 rings (SSSR count). The van der Waals surface area contributed by atoms with E-state index in [0.29, 0.717) is 0 Å². The SMILES string of the molecule is c1ccc(-c2ccccc2N(c2cccc(-c3ccc4c5cc6ccccc6cc5n(-c5ccccc5)c4c3)c2)c2ccc3c(c2)oc2ccccc23)cc1. The summed E-state index contributed by atoms with van der Waals surface area (Å²) in [5.74, 6) is 0. The molecule has 3 nitrogen and oxygen atoms in total. The summed E-state index contributed by atoms with van der Waals surface area (Å²) in [5, 5.41) is 7.21. The van der Waals surface area contributed by atoms with E-state index in [0.717, 1.165) is 66.9 Å². The van der Waals surface area contributed by atoms with Gasteiger partial charge in [0.2, 0.25) is 0 Å². The van der Waals surface area contributed by atoms with Gasteiger partial charge in [-0.1, -0.05) is 133 Å². The third kappa shape index (κ3) is 5.20. The Labute approximate surface area is 318 Å². The first-order chi connectivity index (χ1) is 27.3. The standard InChI is InChI=1S/C52H34N2O/c1-3-14-35(15-4-1)43-22-9-11-24-48(43)53(42-27-29-46-45-23-10-12-25-51(45)55-52(46)34-42)41-21-13-18-36(30-41)39-26-28-44-47-31-37-16-7-8-17-38(37)32-50(47)54(49(44)33-39)40-19-5-2-6-20-40/h1-34H. The van der Waals surface area contributed by atoms with Crippen LogP contribution in [0.3, 0.4) is 0 Å². The van der Waals surface area contributed by atoms with Crippen molar-refractivity contribution in [2.75, 3.05) is 4.90 Å². The molecule has 0 unspecified atom stereocenters. The smallest absolute Gasteiger partial charge is 0.137 e. The van der Waals surface area contributed by atoms with Crippen LogP contribution >= 0.6 is 0 Å². The van der Waals surface area contributed by atoms with E-state index in [9.17, 15) is 0 Å². The fourth-order valence-electron chi connectivity index (χ4n) is 8.37. The van der Waals surface area contributed by atoms with Crippen LogP contribution in [0.1, 0.15) is 0 Å². The lowest BCUT2D eigenvalue weighted by Gasteiger charge is -2.28. The van der Waals surface area contributed by atoms with Crippen molar-refractivity contribution in [1.82, 2.24) is 4.57 Å². The zero-order valence-electron chi connectivity index (χ0n) is 29.9. The fraction of sp³-hybridized carbons (Fsp3) is 0. The maximum atomic E-state index is 6.43. The minimum Gasteiger partial charge on any atom is -0.456 e. The highest BCUT2D eigenvalue weighted by Gasteiger charge is 2.20. The molecule has 0 fully saturated rings. The van der Waals surface area contributed by atoms with Crippen LogP contribution in [-0.2, 0) is 0 Å². The summed E-state index contributed by atoms with van der Waals surface area (Å²) in [5.41, 5.74) is 13.1. The predicted molar refractivity (Wildman–Crippen MR) is 231 cm³/mol. The molecule has 11 aromatic rings. The Morgan fingerprint density at radius 2 is 1.00 bits per heavy atom.